The quantitative estimate of drug-likeness (QED) is 0.863. The second-order valence-electron chi connectivity index (χ2n) is 5.94. The second-order valence-corrected chi connectivity index (χ2v) is 8.07. The van der Waals surface area contributed by atoms with Crippen LogP contribution >= 0.6 is 0 Å². The third-order valence-electron chi connectivity index (χ3n) is 4.40. The Morgan fingerprint density at radius 2 is 2.11 bits per heavy atom. The Morgan fingerprint density at radius 3 is 2.74 bits per heavy atom. The molecule has 0 aromatic heterocycles. The van der Waals surface area contributed by atoms with Gasteiger partial charge in [-0.2, -0.15) is 0 Å². The highest BCUT2D eigenvalue weighted by Crippen LogP contribution is 2.40. The van der Waals surface area contributed by atoms with E-state index < -0.39 is 16.8 Å². The minimum atomic E-state index is -1.06. The molecular weight excluding hydrogens is 264 g/mol. The fourth-order valence-corrected chi connectivity index (χ4v) is 5.14. The summed E-state index contributed by atoms with van der Waals surface area (Å²) in [5.74, 6) is -0.861. The molecule has 1 N–H and O–H groups in total. The van der Waals surface area contributed by atoms with Crippen molar-refractivity contribution in [2.45, 2.75) is 74.4 Å². The summed E-state index contributed by atoms with van der Waals surface area (Å²) in [7, 11) is -1.06. The van der Waals surface area contributed by atoms with E-state index in [0.717, 1.165) is 25.7 Å². The van der Waals surface area contributed by atoms with Gasteiger partial charge in [0.05, 0.1) is 12.0 Å². The first-order valence-electron chi connectivity index (χ1n) is 7.27. The van der Waals surface area contributed by atoms with E-state index in [1.807, 2.05) is 0 Å². The maximum absolute atomic E-state index is 12.5. The van der Waals surface area contributed by atoms with E-state index in [2.05, 4.69) is 0 Å². The van der Waals surface area contributed by atoms with Gasteiger partial charge in [0.2, 0.25) is 0 Å². The van der Waals surface area contributed by atoms with E-state index in [4.69, 9.17) is 9.84 Å². The highest BCUT2D eigenvalue weighted by Gasteiger charge is 2.41. The summed E-state index contributed by atoms with van der Waals surface area (Å²) in [5.41, 5.74) is -0.0558. The van der Waals surface area contributed by atoms with Crippen molar-refractivity contribution in [1.82, 2.24) is 0 Å². The number of ether oxygens (including phenoxy) is 1. The summed E-state index contributed by atoms with van der Waals surface area (Å²) in [6.07, 6.45) is 7.48. The van der Waals surface area contributed by atoms with Crippen LogP contribution in [-0.2, 0) is 20.3 Å². The number of hydrogen-bond acceptors (Lipinski definition) is 3. The van der Waals surface area contributed by atoms with Crippen molar-refractivity contribution in [1.29, 1.82) is 0 Å². The van der Waals surface area contributed by atoms with Gasteiger partial charge >= 0.3 is 5.97 Å². The molecular formula is C14H24O4S. The molecule has 1 saturated heterocycles. The van der Waals surface area contributed by atoms with E-state index in [1.165, 1.54) is 19.3 Å². The van der Waals surface area contributed by atoms with Gasteiger partial charge in [-0.15, -0.1) is 0 Å². The largest absolute Gasteiger partial charge is 0.481 e. The monoisotopic (exact) mass is 288 g/mol. The Labute approximate surface area is 117 Å². The molecule has 0 radical (unpaired) electrons. The van der Waals surface area contributed by atoms with Gasteiger partial charge < -0.3 is 9.84 Å². The molecule has 1 spiro atoms. The molecule has 4 nitrogen and oxygen atoms in total. The van der Waals surface area contributed by atoms with Gasteiger partial charge in [-0.25, -0.2) is 0 Å². The molecule has 0 amide bonds. The molecule has 1 saturated carbocycles. The van der Waals surface area contributed by atoms with E-state index in [1.54, 1.807) is 6.92 Å². The SMILES string of the molecule is CC(CC(=O)O)S(=O)C1CCOC2(CCCCC2)C1. The molecule has 1 aliphatic heterocycles. The number of hydrogen-bond donors (Lipinski definition) is 1. The van der Waals surface area contributed by atoms with Crippen LogP contribution in [0.25, 0.3) is 0 Å². The minimum absolute atomic E-state index is 0.00301. The molecule has 0 bridgehead atoms. The third-order valence-corrected chi connectivity index (χ3v) is 6.42. The van der Waals surface area contributed by atoms with Crippen LogP contribution in [-0.4, -0.2) is 38.0 Å². The topological polar surface area (TPSA) is 63.6 Å². The molecule has 110 valence electrons. The van der Waals surface area contributed by atoms with Crippen LogP contribution in [0.4, 0.5) is 0 Å². The molecule has 2 fully saturated rings. The maximum atomic E-state index is 12.5. The van der Waals surface area contributed by atoms with Gasteiger partial charge in [-0.3, -0.25) is 9.00 Å². The van der Waals surface area contributed by atoms with Crippen LogP contribution in [0.1, 0.15) is 58.3 Å². The molecule has 3 unspecified atom stereocenters. The summed E-state index contributed by atoms with van der Waals surface area (Å²) in [6, 6.07) is 0. The van der Waals surface area contributed by atoms with Crippen molar-refractivity contribution in [2.24, 2.45) is 0 Å². The highest BCUT2D eigenvalue weighted by molar-refractivity contribution is 7.86. The normalized spacial score (nSPS) is 29.8. The Hall–Kier alpha value is -0.420. The molecule has 0 aromatic rings. The van der Waals surface area contributed by atoms with Crippen LogP contribution in [0, 0.1) is 0 Å². The van der Waals surface area contributed by atoms with Crippen molar-refractivity contribution in [2.75, 3.05) is 6.61 Å². The lowest BCUT2D eigenvalue weighted by Gasteiger charge is -2.43. The van der Waals surface area contributed by atoms with Crippen molar-refractivity contribution < 1.29 is 18.8 Å². The molecule has 5 heteroatoms. The lowest BCUT2D eigenvalue weighted by molar-refractivity contribution is -0.136. The van der Waals surface area contributed by atoms with Gasteiger partial charge in [0.25, 0.3) is 0 Å². The summed E-state index contributed by atoms with van der Waals surface area (Å²) in [6.45, 7) is 2.46. The molecule has 2 aliphatic rings. The van der Waals surface area contributed by atoms with Crippen molar-refractivity contribution in [3.63, 3.8) is 0 Å². The van der Waals surface area contributed by atoms with Crippen LogP contribution in [0.5, 0.6) is 0 Å². The van der Waals surface area contributed by atoms with Crippen molar-refractivity contribution in [3.8, 4) is 0 Å². The second kappa shape index (κ2) is 6.35. The Bertz CT molecular complexity index is 344. The van der Waals surface area contributed by atoms with Crippen molar-refractivity contribution >= 4 is 16.8 Å². The van der Waals surface area contributed by atoms with E-state index in [9.17, 15) is 9.00 Å². The summed E-state index contributed by atoms with van der Waals surface area (Å²) >= 11 is 0. The first-order chi connectivity index (χ1) is 9.02. The van der Waals surface area contributed by atoms with E-state index in [-0.39, 0.29) is 22.5 Å². The smallest absolute Gasteiger partial charge is 0.304 e. The van der Waals surface area contributed by atoms with Gasteiger partial charge in [-0.1, -0.05) is 26.2 Å². The lowest BCUT2D eigenvalue weighted by atomic mass is 9.80. The predicted octanol–water partition coefficient (Wildman–Crippen LogP) is 2.48. The summed E-state index contributed by atoms with van der Waals surface area (Å²) < 4.78 is 18.4. The zero-order valence-corrected chi connectivity index (χ0v) is 12.4. The average Bonchev–Trinajstić information content (AvgIpc) is 2.38. The first-order valence-corrected chi connectivity index (χ1v) is 8.55. The molecule has 3 atom stereocenters. The van der Waals surface area contributed by atoms with Gasteiger partial charge in [0.1, 0.15) is 0 Å². The van der Waals surface area contributed by atoms with Gasteiger partial charge in [-0.05, 0) is 25.7 Å². The average molecular weight is 288 g/mol. The molecule has 1 aliphatic carbocycles. The van der Waals surface area contributed by atoms with Gasteiger partial charge in [0, 0.05) is 27.9 Å². The lowest BCUT2D eigenvalue weighted by Crippen LogP contribution is -2.45. The zero-order chi connectivity index (χ0) is 13.9. The van der Waals surface area contributed by atoms with Crippen LogP contribution in [0.15, 0.2) is 0 Å². The minimum Gasteiger partial charge on any atom is -0.481 e. The van der Waals surface area contributed by atoms with Crippen LogP contribution in [0.3, 0.4) is 0 Å². The Morgan fingerprint density at radius 1 is 1.42 bits per heavy atom. The first kappa shape index (κ1) is 15.0. The Kier molecular flexibility index (Phi) is 5.01. The zero-order valence-electron chi connectivity index (χ0n) is 11.6. The number of carboxylic acids is 1. The number of carboxylic acid groups (broad SMARTS) is 1. The van der Waals surface area contributed by atoms with E-state index >= 15 is 0 Å². The van der Waals surface area contributed by atoms with Crippen molar-refractivity contribution in [3.05, 3.63) is 0 Å². The maximum Gasteiger partial charge on any atom is 0.304 e. The molecule has 0 aromatic carbocycles. The molecule has 1 heterocycles. The van der Waals surface area contributed by atoms with Gasteiger partial charge in [0.15, 0.2) is 0 Å². The fraction of sp³-hybridized carbons (Fsp3) is 0.929. The third kappa shape index (κ3) is 3.78. The highest BCUT2D eigenvalue weighted by atomic mass is 32.2. The molecule has 2 rings (SSSR count). The van der Waals surface area contributed by atoms with Crippen LogP contribution < -0.4 is 0 Å². The number of carbonyl (C=O) groups is 1. The standard InChI is InChI=1S/C14H24O4S/c1-11(9-13(15)16)19(17)12-5-8-18-14(10-12)6-3-2-4-7-14/h11-12H,2-10H2,1H3,(H,15,16). The van der Waals surface area contributed by atoms with Crippen LogP contribution in [0.2, 0.25) is 0 Å². The molecule has 19 heavy (non-hydrogen) atoms. The summed E-state index contributed by atoms with van der Waals surface area (Å²) in [4.78, 5) is 10.7. The number of aliphatic carboxylic acids is 1. The Balaban J connectivity index is 1.96. The number of rotatable bonds is 4. The fourth-order valence-electron chi connectivity index (χ4n) is 3.38. The predicted molar refractivity (Wildman–Crippen MR) is 74.6 cm³/mol. The van der Waals surface area contributed by atoms with E-state index in [0.29, 0.717) is 6.61 Å². The summed E-state index contributed by atoms with van der Waals surface area (Å²) in [5, 5.41) is 8.66.